The Morgan fingerprint density at radius 1 is 1.12 bits per heavy atom. The lowest BCUT2D eigenvalue weighted by molar-refractivity contribution is 0.386. The molecule has 8 heavy (non-hydrogen) atoms. The van der Waals surface area contributed by atoms with Gasteiger partial charge in [0.15, 0.2) is 0 Å². The summed E-state index contributed by atoms with van der Waals surface area (Å²) in [6, 6.07) is 0. The third-order valence-corrected chi connectivity index (χ3v) is 2.30. The molecule has 0 spiro atoms. The second kappa shape index (κ2) is 2.57. The average Bonchev–Trinajstić information content (AvgIpc) is 1.77. The molecule has 0 N–H and O–H groups in total. The zero-order valence-electron chi connectivity index (χ0n) is 5.98. The summed E-state index contributed by atoms with van der Waals surface area (Å²) in [5.74, 6) is 2.04. The molecule has 1 fully saturated rings. The summed E-state index contributed by atoms with van der Waals surface area (Å²) in [5.41, 5.74) is 0. The van der Waals surface area contributed by atoms with Gasteiger partial charge in [-0.3, -0.25) is 0 Å². The SMILES string of the molecule is BC1CCC(C)CC1. The van der Waals surface area contributed by atoms with Crippen LogP contribution in [0, 0.1) is 5.92 Å². The molecule has 0 aromatic heterocycles. The van der Waals surface area contributed by atoms with Gasteiger partial charge in [0.25, 0.3) is 0 Å². The summed E-state index contributed by atoms with van der Waals surface area (Å²) in [5, 5.41) is 0. The van der Waals surface area contributed by atoms with Crippen LogP contribution in [0.25, 0.3) is 0 Å². The Morgan fingerprint density at radius 3 is 2.00 bits per heavy atom. The van der Waals surface area contributed by atoms with Crippen molar-refractivity contribution in [2.45, 2.75) is 38.4 Å². The molecule has 0 aliphatic heterocycles. The Hall–Kier alpha value is 0.0649. The van der Waals surface area contributed by atoms with E-state index in [-0.39, 0.29) is 0 Å². The zero-order valence-corrected chi connectivity index (χ0v) is 5.98. The van der Waals surface area contributed by atoms with Gasteiger partial charge in [-0.1, -0.05) is 38.4 Å². The first kappa shape index (κ1) is 6.19. The van der Waals surface area contributed by atoms with Crippen molar-refractivity contribution in [3.05, 3.63) is 0 Å². The fraction of sp³-hybridized carbons (Fsp3) is 1.00. The van der Waals surface area contributed by atoms with Crippen molar-refractivity contribution in [3.63, 3.8) is 0 Å². The van der Waals surface area contributed by atoms with E-state index in [1.165, 1.54) is 25.7 Å². The van der Waals surface area contributed by atoms with Crippen molar-refractivity contribution in [2.24, 2.45) is 5.92 Å². The van der Waals surface area contributed by atoms with Gasteiger partial charge < -0.3 is 0 Å². The predicted molar refractivity (Wildman–Crippen MR) is 39.9 cm³/mol. The Morgan fingerprint density at radius 2 is 1.62 bits per heavy atom. The van der Waals surface area contributed by atoms with Gasteiger partial charge in [-0.25, -0.2) is 0 Å². The van der Waals surface area contributed by atoms with Gasteiger partial charge in [-0.15, -0.1) is 0 Å². The van der Waals surface area contributed by atoms with Crippen LogP contribution < -0.4 is 0 Å². The summed E-state index contributed by atoms with van der Waals surface area (Å²) in [6.45, 7) is 2.37. The van der Waals surface area contributed by atoms with Crippen LogP contribution in [0.5, 0.6) is 0 Å². The quantitative estimate of drug-likeness (QED) is 0.415. The lowest BCUT2D eigenvalue weighted by Crippen LogP contribution is -2.07. The van der Waals surface area contributed by atoms with Crippen LogP contribution >= 0.6 is 0 Å². The number of rotatable bonds is 0. The molecule has 1 saturated carbocycles. The minimum absolute atomic E-state index is 1.02. The van der Waals surface area contributed by atoms with E-state index in [9.17, 15) is 0 Å². The maximum atomic E-state index is 2.37. The summed E-state index contributed by atoms with van der Waals surface area (Å²) in [7, 11) is 2.37. The van der Waals surface area contributed by atoms with Crippen LogP contribution in [0.1, 0.15) is 32.6 Å². The number of hydrogen-bond acceptors (Lipinski definition) is 0. The summed E-state index contributed by atoms with van der Waals surface area (Å²) in [4.78, 5) is 0. The maximum absolute atomic E-state index is 2.37. The topological polar surface area (TPSA) is 0 Å². The molecule has 0 radical (unpaired) electrons. The molecule has 0 bridgehead atoms. The van der Waals surface area contributed by atoms with Crippen LogP contribution in [0.3, 0.4) is 0 Å². The molecular formula is C7H15B. The second-order valence-corrected chi connectivity index (χ2v) is 3.37. The third kappa shape index (κ3) is 1.54. The molecule has 0 nitrogen and oxygen atoms in total. The highest BCUT2D eigenvalue weighted by Crippen LogP contribution is 2.29. The standard InChI is InChI=1S/C7H15B/c1-6-2-4-7(8)5-3-6/h6-7H,2-5,8H2,1H3. The first-order valence-corrected chi connectivity index (χ1v) is 3.79. The third-order valence-electron chi connectivity index (χ3n) is 2.30. The maximum Gasteiger partial charge on any atom is 0.105 e. The minimum Gasteiger partial charge on any atom is -0.0697 e. The van der Waals surface area contributed by atoms with Gasteiger partial charge in [0.05, 0.1) is 0 Å². The summed E-state index contributed by atoms with van der Waals surface area (Å²) < 4.78 is 0. The zero-order chi connectivity index (χ0) is 5.98. The highest BCUT2D eigenvalue weighted by molar-refractivity contribution is 6.11. The van der Waals surface area contributed by atoms with E-state index in [0.29, 0.717) is 0 Å². The van der Waals surface area contributed by atoms with Crippen molar-refractivity contribution in [1.29, 1.82) is 0 Å². The Labute approximate surface area is 53.1 Å². The van der Waals surface area contributed by atoms with Crippen LogP contribution in [0.2, 0.25) is 5.82 Å². The lowest BCUT2D eigenvalue weighted by Gasteiger charge is -2.22. The van der Waals surface area contributed by atoms with Gasteiger partial charge in [0.1, 0.15) is 7.85 Å². The molecule has 0 heterocycles. The monoisotopic (exact) mass is 110 g/mol. The largest absolute Gasteiger partial charge is 0.105 e. The molecule has 46 valence electrons. The molecule has 0 aromatic carbocycles. The van der Waals surface area contributed by atoms with Crippen molar-refractivity contribution < 1.29 is 0 Å². The Kier molecular flexibility index (Phi) is 1.98. The molecule has 1 aliphatic carbocycles. The summed E-state index contributed by atoms with van der Waals surface area (Å²) >= 11 is 0. The van der Waals surface area contributed by atoms with Crippen LogP contribution in [-0.4, -0.2) is 7.85 Å². The first-order valence-electron chi connectivity index (χ1n) is 3.79. The van der Waals surface area contributed by atoms with Crippen LogP contribution in [-0.2, 0) is 0 Å². The minimum atomic E-state index is 1.02. The fourth-order valence-electron chi connectivity index (χ4n) is 1.43. The van der Waals surface area contributed by atoms with E-state index in [4.69, 9.17) is 0 Å². The van der Waals surface area contributed by atoms with Crippen molar-refractivity contribution in [1.82, 2.24) is 0 Å². The Bertz CT molecular complexity index is 52.8. The van der Waals surface area contributed by atoms with E-state index in [2.05, 4.69) is 14.8 Å². The van der Waals surface area contributed by atoms with Gasteiger partial charge in [0.2, 0.25) is 0 Å². The van der Waals surface area contributed by atoms with Crippen LogP contribution in [0.15, 0.2) is 0 Å². The van der Waals surface area contributed by atoms with E-state index >= 15 is 0 Å². The lowest BCUT2D eigenvalue weighted by atomic mass is 9.72. The van der Waals surface area contributed by atoms with Crippen molar-refractivity contribution >= 4 is 7.85 Å². The average molecular weight is 110 g/mol. The fourth-order valence-corrected chi connectivity index (χ4v) is 1.43. The second-order valence-electron chi connectivity index (χ2n) is 3.37. The number of hydrogen-bond donors (Lipinski definition) is 0. The molecule has 0 unspecified atom stereocenters. The van der Waals surface area contributed by atoms with Gasteiger partial charge in [0, 0.05) is 0 Å². The molecule has 0 amide bonds. The normalized spacial score (nSPS) is 39.6. The molecular weight excluding hydrogens is 94.9 g/mol. The van der Waals surface area contributed by atoms with Gasteiger partial charge in [-0.05, 0) is 5.92 Å². The van der Waals surface area contributed by atoms with E-state index in [1.54, 1.807) is 0 Å². The molecule has 0 aromatic rings. The molecule has 1 heteroatoms. The van der Waals surface area contributed by atoms with E-state index in [0.717, 1.165) is 11.7 Å². The molecule has 1 aliphatic rings. The highest BCUT2D eigenvalue weighted by Gasteiger charge is 2.13. The Balaban J connectivity index is 2.19. The summed E-state index contributed by atoms with van der Waals surface area (Å²) in [6.07, 6.45) is 5.89. The molecule has 0 saturated heterocycles. The predicted octanol–water partition coefficient (Wildman–Crippen LogP) is 1.62. The van der Waals surface area contributed by atoms with Gasteiger partial charge in [-0.2, -0.15) is 0 Å². The van der Waals surface area contributed by atoms with Crippen LogP contribution in [0.4, 0.5) is 0 Å². The van der Waals surface area contributed by atoms with Crippen molar-refractivity contribution in [3.8, 4) is 0 Å². The molecule has 1 rings (SSSR count). The smallest absolute Gasteiger partial charge is 0.0697 e. The van der Waals surface area contributed by atoms with Crippen molar-refractivity contribution in [2.75, 3.05) is 0 Å². The molecule has 0 atom stereocenters. The highest BCUT2D eigenvalue weighted by atomic mass is 14.2. The van der Waals surface area contributed by atoms with Gasteiger partial charge >= 0.3 is 0 Å². The van der Waals surface area contributed by atoms with E-state index < -0.39 is 0 Å². The van der Waals surface area contributed by atoms with E-state index in [1.807, 2.05) is 0 Å². The first-order chi connectivity index (χ1) is 3.79.